The van der Waals surface area contributed by atoms with E-state index < -0.39 is 0 Å². The van der Waals surface area contributed by atoms with E-state index in [4.69, 9.17) is 11.6 Å². The summed E-state index contributed by atoms with van der Waals surface area (Å²) in [5.41, 5.74) is 1.06. The number of nitrogens with one attached hydrogen (secondary N) is 1. The molecule has 2 aliphatic heterocycles. The quantitative estimate of drug-likeness (QED) is 0.832. The van der Waals surface area contributed by atoms with Gasteiger partial charge in [0.15, 0.2) is 0 Å². The minimum atomic E-state index is 0. The molecule has 0 aliphatic carbocycles. The molecule has 2 amide bonds. The average molecular weight is 401 g/mol. The highest BCUT2D eigenvalue weighted by molar-refractivity contribution is 6.31. The first-order valence-corrected chi connectivity index (χ1v) is 9.16. The Morgan fingerprint density at radius 3 is 2.42 bits per heavy atom. The van der Waals surface area contributed by atoms with Gasteiger partial charge in [-0.3, -0.25) is 14.5 Å². The van der Waals surface area contributed by atoms with Crippen molar-refractivity contribution in [2.45, 2.75) is 13.0 Å². The Morgan fingerprint density at radius 2 is 1.77 bits per heavy atom. The van der Waals surface area contributed by atoms with Crippen LogP contribution in [0.4, 0.5) is 0 Å². The molecule has 2 saturated heterocycles. The van der Waals surface area contributed by atoms with Crippen LogP contribution < -0.4 is 5.32 Å². The van der Waals surface area contributed by atoms with E-state index in [1.807, 2.05) is 29.2 Å². The van der Waals surface area contributed by atoms with Gasteiger partial charge in [0.1, 0.15) is 0 Å². The fraction of sp³-hybridized carbons (Fsp3) is 0.556. The number of nitrogens with zero attached hydrogens (tertiary/aromatic N) is 3. The van der Waals surface area contributed by atoms with Crippen molar-refractivity contribution in [3.8, 4) is 0 Å². The number of halogens is 2. The van der Waals surface area contributed by atoms with Crippen molar-refractivity contribution >= 4 is 35.8 Å². The van der Waals surface area contributed by atoms with E-state index in [2.05, 4.69) is 10.2 Å². The van der Waals surface area contributed by atoms with Crippen LogP contribution in [0, 0.1) is 0 Å². The highest BCUT2D eigenvalue weighted by atomic mass is 35.5. The van der Waals surface area contributed by atoms with E-state index in [0.29, 0.717) is 32.7 Å². The number of piperazine rings is 2. The van der Waals surface area contributed by atoms with Crippen LogP contribution in [0.3, 0.4) is 0 Å². The van der Waals surface area contributed by atoms with Crippen LogP contribution in [0.1, 0.15) is 18.5 Å². The Hall–Kier alpha value is -1.34. The molecule has 1 N–H and O–H groups in total. The van der Waals surface area contributed by atoms with Crippen LogP contribution in [0.25, 0.3) is 0 Å². The molecule has 26 heavy (non-hydrogen) atoms. The van der Waals surface area contributed by atoms with Crippen molar-refractivity contribution in [2.24, 2.45) is 0 Å². The number of hydrogen-bond acceptors (Lipinski definition) is 4. The topological polar surface area (TPSA) is 55.9 Å². The summed E-state index contributed by atoms with van der Waals surface area (Å²) >= 11 is 6.37. The second-order valence-corrected chi connectivity index (χ2v) is 7.01. The van der Waals surface area contributed by atoms with Crippen LogP contribution >= 0.6 is 24.0 Å². The number of rotatable bonds is 3. The number of benzene rings is 1. The summed E-state index contributed by atoms with van der Waals surface area (Å²) in [6.07, 6.45) is 0. The molecule has 1 unspecified atom stereocenters. The molecule has 1 atom stereocenters. The van der Waals surface area contributed by atoms with E-state index in [-0.39, 0.29) is 30.3 Å². The molecule has 8 heteroatoms. The fourth-order valence-corrected chi connectivity index (χ4v) is 3.79. The van der Waals surface area contributed by atoms with Crippen LogP contribution in [-0.4, -0.2) is 78.9 Å². The monoisotopic (exact) mass is 400 g/mol. The highest BCUT2D eigenvalue weighted by Gasteiger charge is 2.29. The summed E-state index contributed by atoms with van der Waals surface area (Å²) in [6.45, 7) is 6.90. The summed E-state index contributed by atoms with van der Waals surface area (Å²) in [5.74, 6) is 0.204. The second kappa shape index (κ2) is 9.55. The zero-order valence-electron chi connectivity index (χ0n) is 15.0. The number of carbonyl (C=O) groups is 2. The predicted molar refractivity (Wildman–Crippen MR) is 105 cm³/mol. The van der Waals surface area contributed by atoms with E-state index in [1.54, 1.807) is 11.8 Å². The lowest BCUT2D eigenvalue weighted by Crippen LogP contribution is -2.54. The Kier molecular flexibility index (Phi) is 7.70. The van der Waals surface area contributed by atoms with E-state index in [1.165, 1.54) is 0 Å². The number of hydrogen-bond donors (Lipinski definition) is 1. The third-order valence-electron chi connectivity index (χ3n) is 5.03. The first-order valence-electron chi connectivity index (χ1n) is 8.78. The molecule has 2 heterocycles. The lowest BCUT2D eigenvalue weighted by molar-refractivity contribution is -0.139. The zero-order chi connectivity index (χ0) is 17.8. The average Bonchev–Trinajstić information content (AvgIpc) is 2.63. The molecule has 6 nitrogen and oxygen atoms in total. The van der Waals surface area contributed by atoms with Crippen molar-refractivity contribution < 1.29 is 9.59 Å². The van der Waals surface area contributed by atoms with Gasteiger partial charge in [0.25, 0.3) is 0 Å². The molecule has 2 aliphatic rings. The molecule has 0 spiro atoms. The SMILES string of the molecule is CC(=O)N1CCN(C(=O)CN2CCNCC2c2ccccc2Cl)CC1.Cl. The van der Waals surface area contributed by atoms with Crippen molar-refractivity contribution in [1.82, 2.24) is 20.0 Å². The maximum Gasteiger partial charge on any atom is 0.236 e. The largest absolute Gasteiger partial charge is 0.339 e. The van der Waals surface area contributed by atoms with Gasteiger partial charge >= 0.3 is 0 Å². The minimum Gasteiger partial charge on any atom is -0.339 e. The van der Waals surface area contributed by atoms with Gasteiger partial charge in [0.05, 0.1) is 6.54 Å². The molecular weight excluding hydrogens is 375 g/mol. The minimum absolute atomic E-state index is 0. The summed E-state index contributed by atoms with van der Waals surface area (Å²) in [6, 6.07) is 7.93. The van der Waals surface area contributed by atoms with Crippen LogP contribution in [0.2, 0.25) is 5.02 Å². The van der Waals surface area contributed by atoms with Crippen molar-refractivity contribution in [2.75, 3.05) is 52.4 Å². The van der Waals surface area contributed by atoms with Gasteiger partial charge in [-0.05, 0) is 11.6 Å². The van der Waals surface area contributed by atoms with Gasteiger partial charge < -0.3 is 15.1 Å². The molecule has 0 aromatic heterocycles. The Labute approximate surface area is 165 Å². The molecule has 3 rings (SSSR count). The third kappa shape index (κ3) is 4.88. The molecule has 0 radical (unpaired) electrons. The van der Waals surface area contributed by atoms with Gasteiger partial charge in [-0.2, -0.15) is 0 Å². The van der Waals surface area contributed by atoms with Crippen LogP contribution in [0.5, 0.6) is 0 Å². The number of carbonyl (C=O) groups excluding carboxylic acids is 2. The summed E-state index contributed by atoms with van der Waals surface area (Å²) < 4.78 is 0. The molecule has 2 fully saturated rings. The van der Waals surface area contributed by atoms with Crippen molar-refractivity contribution in [3.63, 3.8) is 0 Å². The highest BCUT2D eigenvalue weighted by Crippen LogP contribution is 2.28. The summed E-state index contributed by atoms with van der Waals surface area (Å²) in [4.78, 5) is 30.0. The van der Waals surface area contributed by atoms with E-state index in [0.717, 1.165) is 30.2 Å². The Balaban J connectivity index is 0.00000243. The van der Waals surface area contributed by atoms with Gasteiger partial charge in [-0.1, -0.05) is 29.8 Å². The van der Waals surface area contributed by atoms with Crippen molar-refractivity contribution in [1.29, 1.82) is 0 Å². The maximum absolute atomic E-state index is 12.7. The normalized spacial score (nSPS) is 21.2. The van der Waals surface area contributed by atoms with Gasteiger partial charge in [-0.25, -0.2) is 0 Å². The predicted octanol–water partition coefficient (Wildman–Crippen LogP) is 1.40. The molecule has 0 bridgehead atoms. The Morgan fingerprint density at radius 1 is 1.12 bits per heavy atom. The lowest BCUT2D eigenvalue weighted by Gasteiger charge is -2.39. The second-order valence-electron chi connectivity index (χ2n) is 6.60. The molecular formula is C18H26Cl2N4O2. The van der Waals surface area contributed by atoms with Gasteiger partial charge in [-0.15, -0.1) is 12.4 Å². The molecule has 0 saturated carbocycles. The smallest absolute Gasteiger partial charge is 0.236 e. The van der Waals surface area contributed by atoms with Crippen molar-refractivity contribution in [3.05, 3.63) is 34.9 Å². The first-order chi connectivity index (χ1) is 12.1. The maximum atomic E-state index is 12.7. The van der Waals surface area contributed by atoms with E-state index >= 15 is 0 Å². The lowest BCUT2D eigenvalue weighted by atomic mass is 10.0. The summed E-state index contributed by atoms with van der Waals surface area (Å²) in [5, 5.41) is 4.13. The van der Waals surface area contributed by atoms with Crippen LogP contribution in [-0.2, 0) is 9.59 Å². The van der Waals surface area contributed by atoms with Crippen LogP contribution in [0.15, 0.2) is 24.3 Å². The summed E-state index contributed by atoms with van der Waals surface area (Å²) in [7, 11) is 0. The molecule has 1 aromatic rings. The van der Waals surface area contributed by atoms with Gasteiger partial charge in [0.2, 0.25) is 11.8 Å². The zero-order valence-corrected chi connectivity index (χ0v) is 16.6. The molecule has 144 valence electrons. The standard InChI is InChI=1S/C18H25ClN4O2.ClH/c1-14(24)21-8-10-22(11-9-21)18(25)13-23-7-6-20-12-17(23)15-4-2-3-5-16(15)19;/h2-5,17,20H,6-13H2,1H3;1H. The fourth-order valence-electron chi connectivity index (χ4n) is 3.53. The molecule has 1 aromatic carbocycles. The number of amides is 2. The first kappa shape index (κ1) is 21.0. The van der Waals surface area contributed by atoms with Gasteiger partial charge in [0, 0.05) is 63.8 Å². The van der Waals surface area contributed by atoms with E-state index in [9.17, 15) is 9.59 Å². The third-order valence-corrected chi connectivity index (χ3v) is 5.38. The Bertz CT molecular complexity index is 635.